The Bertz CT molecular complexity index is 714. The summed E-state index contributed by atoms with van der Waals surface area (Å²) in [5.74, 6) is -1.56. The molecule has 0 bridgehead atoms. The molecule has 2 N–H and O–H groups in total. The van der Waals surface area contributed by atoms with Crippen molar-refractivity contribution in [2.24, 2.45) is 0 Å². The van der Waals surface area contributed by atoms with E-state index in [0.717, 1.165) is 0 Å². The van der Waals surface area contributed by atoms with E-state index in [1.807, 2.05) is 20.8 Å². The van der Waals surface area contributed by atoms with Crippen LogP contribution in [0.15, 0.2) is 36.5 Å². The quantitative estimate of drug-likeness (QED) is 0.908. The highest BCUT2D eigenvalue weighted by atomic mass is 16.4. The van der Waals surface area contributed by atoms with E-state index in [2.05, 4.69) is 10.4 Å². The lowest BCUT2D eigenvalue weighted by Gasteiger charge is -2.21. The van der Waals surface area contributed by atoms with Crippen molar-refractivity contribution >= 4 is 11.9 Å². The smallest absolute Gasteiger partial charge is 0.330 e. The number of nitrogens with one attached hydrogen (secondary N) is 1. The molecular formula is C17H21N3O3. The SMILES string of the molecule is Cc1c(C(=O)N[C@@H](C(=O)O)c2ccccc2)cnn1C(C)(C)C. The standard InChI is InChI=1S/C17H21N3O3/c1-11-13(10-18-20(11)17(2,3)4)15(21)19-14(16(22)23)12-8-6-5-7-9-12/h5-10,14H,1-4H3,(H,19,21)(H,22,23)/t14-/m1/s1. The fourth-order valence-corrected chi connectivity index (χ4v) is 2.45. The molecule has 0 aliphatic rings. The van der Waals surface area contributed by atoms with Crippen molar-refractivity contribution in [2.75, 3.05) is 0 Å². The van der Waals surface area contributed by atoms with Gasteiger partial charge in [0.25, 0.3) is 5.91 Å². The minimum Gasteiger partial charge on any atom is -0.479 e. The fraction of sp³-hybridized carbons (Fsp3) is 0.353. The van der Waals surface area contributed by atoms with Crippen LogP contribution in [0.1, 0.15) is 48.4 Å². The van der Waals surface area contributed by atoms with Crippen LogP contribution in [-0.4, -0.2) is 26.8 Å². The normalized spacial score (nSPS) is 12.7. The largest absolute Gasteiger partial charge is 0.479 e. The number of carboxylic acid groups (broad SMARTS) is 1. The number of carboxylic acids is 1. The van der Waals surface area contributed by atoms with Crippen molar-refractivity contribution in [2.45, 2.75) is 39.3 Å². The highest BCUT2D eigenvalue weighted by Gasteiger charge is 2.26. The Morgan fingerprint density at radius 2 is 1.83 bits per heavy atom. The molecule has 0 saturated heterocycles. The molecule has 0 unspecified atom stereocenters. The average Bonchev–Trinajstić information content (AvgIpc) is 2.87. The summed E-state index contributed by atoms with van der Waals surface area (Å²) in [7, 11) is 0. The van der Waals surface area contributed by atoms with Crippen LogP contribution in [0.5, 0.6) is 0 Å². The number of hydrogen-bond acceptors (Lipinski definition) is 3. The van der Waals surface area contributed by atoms with Gasteiger partial charge < -0.3 is 10.4 Å². The van der Waals surface area contributed by atoms with Gasteiger partial charge in [-0.05, 0) is 33.3 Å². The van der Waals surface area contributed by atoms with E-state index in [4.69, 9.17) is 0 Å². The van der Waals surface area contributed by atoms with Crippen molar-refractivity contribution in [3.8, 4) is 0 Å². The van der Waals surface area contributed by atoms with Crippen molar-refractivity contribution < 1.29 is 14.7 Å². The molecule has 6 nitrogen and oxygen atoms in total. The summed E-state index contributed by atoms with van der Waals surface area (Å²) in [5.41, 5.74) is 1.34. The molecule has 0 aliphatic heterocycles. The second-order valence-corrected chi connectivity index (χ2v) is 6.38. The van der Waals surface area contributed by atoms with Gasteiger partial charge in [-0.2, -0.15) is 5.10 Å². The lowest BCUT2D eigenvalue weighted by molar-refractivity contribution is -0.139. The molecule has 23 heavy (non-hydrogen) atoms. The molecule has 1 atom stereocenters. The molecule has 0 radical (unpaired) electrons. The molecule has 1 amide bonds. The molecule has 0 saturated carbocycles. The van der Waals surface area contributed by atoms with Crippen molar-refractivity contribution in [1.82, 2.24) is 15.1 Å². The first-order chi connectivity index (χ1) is 10.7. The van der Waals surface area contributed by atoms with Gasteiger partial charge in [-0.15, -0.1) is 0 Å². The monoisotopic (exact) mass is 315 g/mol. The molecule has 122 valence electrons. The zero-order chi connectivity index (χ0) is 17.2. The van der Waals surface area contributed by atoms with E-state index in [1.165, 1.54) is 6.20 Å². The maximum atomic E-state index is 12.5. The summed E-state index contributed by atoms with van der Waals surface area (Å²) >= 11 is 0. The van der Waals surface area contributed by atoms with Gasteiger partial charge >= 0.3 is 5.97 Å². The Hall–Kier alpha value is -2.63. The zero-order valence-electron chi connectivity index (χ0n) is 13.7. The number of hydrogen-bond donors (Lipinski definition) is 2. The summed E-state index contributed by atoms with van der Waals surface area (Å²) < 4.78 is 1.75. The third-order valence-corrected chi connectivity index (χ3v) is 3.55. The topological polar surface area (TPSA) is 84.2 Å². The van der Waals surface area contributed by atoms with Crippen LogP contribution in [0.2, 0.25) is 0 Å². The number of carbonyl (C=O) groups is 2. The molecule has 2 rings (SSSR count). The highest BCUT2D eigenvalue weighted by molar-refractivity contribution is 5.97. The van der Waals surface area contributed by atoms with Crippen LogP contribution in [0.3, 0.4) is 0 Å². The third-order valence-electron chi connectivity index (χ3n) is 3.55. The molecule has 0 aliphatic carbocycles. The summed E-state index contributed by atoms with van der Waals surface area (Å²) in [6.45, 7) is 7.75. The Morgan fingerprint density at radius 1 is 1.22 bits per heavy atom. The number of rotatable bonds is 4. The lowest BCUT2D eigenvalue weighted by Crippen LogP contribution is -2.34. The summed E-state index contributed by atoms with van der Waals surface area (Å²) in [6.07, 6.45) is 1.47. The van der Waals surface area contributed by atoms with Crippen LogP contribution >= 0.6 is 0 Å². The van der Waals surface area contributed by atoms with Crippen LogP contribution in [0.4, 0.5) is 0 Å². The van der Waals surface area contributed by atoms with Gasteiger partial charge in [-0.3, -0.25) is 9.48 Å². The predicted molar refractivity (Wildman–Crippen MR) is 86.2 cm³/mol. The summed E-state index contributed by atoms with van der Waals surface area (Å²) in [4.78, 5) is 23.9. The van der Waals surface area contributed by atoms with Crippen LogP contribution in [0.25, 0.3) is 0 Å². The van der Waals surface area contributed by atoms with E-state index in [9.17, 15) is 14.7 Å². The number of aromatic nitrogens is 2. The molecule has 1 aromatic carbocycles. The number of benzene rings is 1. The molecular weight excluding hydrogens is 294 g/mol. The second-order valence-electron chi connectivity index (χ2n) is 6.38. The highest BCUT2D eigenvalue weighted by Crippen LogP contribution is 2.19. The van der Waals surface area contributed by atoms with E-state index in [1.54, 1.807) is 41.9 Å². The van der Waals surface area contributed by atoms with Gasteiger partial charge in [-0.1, -0.05) is 30.3 Å². The van der Waals surface area contributed by atoms with Gasteiger partial charge in [0.2, 0.25) is 0 Å². The predicted octanol–water partition coefficient (Wildman–Crippen LogP) is 2.50. The minimum atomic E-state index is -1.11. The van der Waals surface area contributed by atoms with Crippen molar-refractivity contribution in [3.05, 3.63) is 53.3 Å². The van der Waals surface area contributed by atoms with E-state index in [0.29, 0.717) is 16.8 Å². The number of amides is 1. The van der Waals surface area contributed by atoms with Crippen molar-refractivity contribution in [1.29, 1.82) is 0 Å². The van der Waals surface area contributed by atoms with E-state index < -0.39 is 17.9 Å². The first-order valence-electron chi connectivity index (χ1n) is 7.35. The molecule has 1 heterocycles. The van der Waals surface area contributed by atoms with Crippen LogP contribution in [-0.2, 0) is 10.3 Å². The first-order valence-corrected chi connectivity index (χ1v) is 7.35. The minimum absolute atomic E-state index is 0.256. The van der Waals surface area contributed by atoms with E-state index >= 15 is 0 Å². The third kappa shape index (κ3) is 3.59. The first kappa shape index (κ1) is 16.7. The fourth-order valence-electron chi connectivity index (χ4n) is 2.45. The summed E-state index contributed by atoms with van der Waals surface area (Å²) in [5, 5.41) is 16.2. The molecule has 2 aromatic rings. The Balaban J connectivity index is 2.27. The Kier molecular flexibility index (Phi) is 4.54. The zero-order valence-corrected chi connectivity index (χ0v) is 13.7. The van der Waals surface area contributed by atoms with Gasteiger partial charge in [0.1, 0.15) is 0 Å². The van der Waals surface area contributed by atoms with Gasteiger partial charge in [0, 0.05) is 5.69 Å². The number of aliphatic carboxylic acids is 1. The average molecular weight is 315 g/mol. The van der Waals surface area contributed by atoms with Gasteiger partial charge in [0.05, 0.1) is 17.3 Å². The van der Waals surface area contributed by atoms with E-state index in [-0.39, 0.29) is 5.54 Å². The molecule has 1 aromatic heterocycles. The lowest BCUT2D eigenvalue weighted by atomic mass is 10.1. The van der Waals surface area contributed by atoms with Gasteiger partial charge in [-0.25, -0.2) is 4.79 Å². The molecule has 6 heteroatoms. The Labute approximate surface area is 135 Å². The maximum Gasteiger partial charge on any atom is 0.330 e. The maximum absolute atomic E-state index is 12.5. The number of nitrogens with zero attached hydrogens (tertiary/aromatic N) is 2. The van der Waals surface area contributed by atoms with Gasteiger partial charge in [0.15, 0.2) is 6.04 Å². The van der Waals surface area contributed by atoms with Crippen LogP contribution in [0, 0.1) is 6.92 Å². The van der Waals surface area contributed by atoms with Crippen molar-refractivity contribution in [3.63, 3.8) is 0 Å². The molecule has 0 fully saturated rings. The second kappa shape index (κ2) is 6.24. The Morgan fingerprint density at radius 3 is 2.30 bits per heavy atom. The molecule has 0 spiro atoms. The number of carbonyl (C=O) groups excluding carboxylic acids is 1. The van der Waals surface area contributed by atoms with Crippen LogP contribution < -0.4 is 5.32 Å². The summed E-state index contributed by atoms with van der Waals surface area (Å²) in [6, 6.07) is 7.51.